The van der Waals surface area contributed by atoms with Gasteiger partial charge in [0, 0.05) is 38.5 Å². The molecular formula is C48H48GeIrN2O-2. The number of fused-ring (bicyclic) bond motifs is 6. The Morgan fingerprint density at radius 1 is 0.830 bits per heavy atom. The van der Waals surface area contributed by atoms with Crippen molar-refractivity contribution >= 4 is 61.1 Å². The van der Waals surface area contributed by atoms with Gasteiger partial charge in [0.05, 0.1) is 6.95 Å². The minimum absolute atomic E-state index is 0. The molecule has 5 aromatic carbocycles. The van der Waals surface area contributed by atoms with E-state index < -0.39 is 44.0 Å². The maximum absolute atomic E-state index is 8.87. The quantitative estimate of drug-likeness (QED) is 0.0980. The van der Waals surface area contributed by atoms with Crippen molar-refractivity contribution < 1.29 is 34.1 Å². The van der Waals surface area contributed by atoms with E-state index in [1.54, 1.807) is 26.8 Å². The molecule has 5 heteroatoms. The SMILES string of the molecule is [2H]C(C)(C)c1cc(-c2[c-]cccc2)nc[c]1[Ge]([CH3])([CH3])[CH3].[2H]c1nc(-c2[c-]ccc3c2oc2cc4c(ccc5ccccc54)cc23)cc(C([2H])([2H])C(C)(C)C)c1C([2H])([2H])[2H].[Ir]. The predicted molar refractivity (Wildman–Crippen MR) is 224 cm³/mol. The van der Waals surface area contributed by atoms with E-state index in [0.29, 0.717) is 16.7 Å². The van der Waals surface area contributed by atoms with E-state index >= 15 is 0 Å². The maximum atomic E-state index is 8.87. The normalized spacial score (nSPS) is 14.6. The molecule has 0 aliphatic heterocycles. The molecule has 0 amide bonds. The summed E-state index contributed by atoms with van der Waals surface area (Å²) in [5, 5.41) is 6.16. The first kappa shape index (κ1) is 30.3. The summed E-state index contributed by atoms with van der Waals surface area (Å²) in [6.07, 6.45) is -0.526. The summed E-state index contributed by atoms with van der Waals surface area (Å²) in [7, 11) is 0. The van der Waals surface area contributed by atoms with Gasteiger partial charge in [0.1, 0.15) is 5.58 Å². The van der Waals surface area contributed by atoms with Crippen LogP contribution in [-0.2, 0) is 26.5 Å². The van der Waals surface area contributed by atoms with E-state index in [9.17, 15) is 0 Å². The van der Waals surface area contributed by atoms with E-state index in [-0.39, 0.29) is 36.9 Å². The fourth-order valence-electron chi connectivity index (χ4n) is 6.65. The molecule has 0 bridgehead atoms. The third-order valence-corrected chi connectivity index (χ3v) is 13.4. The zero-order valence-electron chi connectivity index (χ0n) is 38.5. The van der Waals surface area contributed by atoms with Gasteiger partial charge >= 0.3 is 120 Å². The minimum Gasteiger partial charge on any atom is -0.501 e. The fraction of sp³-hybridized carbons (Fsp3) is 0.250. The second-order valence-electron chi connectivity index (χ2n) is 15.6. The van der Waals surface area contributed by atoms with Crippen molar-refractivity contribution in [1.29, 1.82) is 0 Å². The average molecular weight is 941 g/mol. The van der Waals surface area contributed by atoms with Crippen LogP contribution in [0.5, 0.6) is 0 Å². The third kappa shape index (κ3) is 8.21. The largest absolute Gasteiger partial charge is 0.501 e. The molecule has 8 rings (SSSR count). The first-order valence-corrected chi connectivity index (χ1v) is 25.0. The van der Waals surface area contributed by atoms with E-state index in [1.165, 1.54) is 10.5 Å². The minimum atomic E-state index is -2.70. The third-order valence-electron chi connectivity index (χ3n) is 9.14. The molecule has 0 aliphatic rings. The van der Waals surface area contributed by atoms with Gasteiger partial charge in [-0.1, -0.05) is 79.7 Å². The molecular weight excluding hydrogens is 885 g/mol. The Bertz CT molecular complexity index is 2870. The van der Waals surface area contributed by atoms with Crippen molar-refractivity contribution in [3.8, 4) is 22.5 Å². The van der Waals surface area contributed by atoms with Gasteiger partial charge in [0.25, 0.3) is 0 Å². The van der Waals surface area contributed by atoms with Crippen LogP contribution < -0.4 is 4.40 Å². The van der Waals surface area contributed by atoms with E-state index in [1.807, 2.05) is 68.6 Å². The zero-order valence-corrected chi connectivity index (χ0v) is 35.9. The molecule has 271 valence electrons. The number of hydrogen-bond acceptors (Lipinski definition) is 3. The molecule has 0 unspecified atom stereocenters. The average Bonchev–Trinajstić information content (AvgIpc) is 3.53. The monoisotopic (exact) mass is 942 g/mol. The molecule has 0 fully saturated rings. The van der Waals surface area contributed by atoms with Crippen molar-refractivity contribution in [2.45, 2.75) is 71.0 Å². The molecule has 0 spiro atoms. The number of hydrogen-bond donors (Lipinski definition) is 0. The second kappa shape index (κ2) is 15.3. The molecule has 8 aromatic rings. The number of benzene rings is 5. The van der Waals surface area contributed by atoms with Crippen LogP contribution in [0.4, 0.5) is 0 Å². The Balaban J connectivity index is 0.000000243. The van der Waals surface area contributed by atoms with Crippen molar-refractivity contribution in [2.24, 2.45) is 5.41 Å². The van der Waals surface area contributed by atoms with Crippen molar-refractivity contribution in [1.82, 2.24) is 9.97 Å². The van der Waals surface area contributed by atoms with Crippen molar-refractivity contribution in [3.63, 3.8) is 0 Å². The Morgan fingerprint density at radius 2 is 1.60 bits per heavy atom. The van der Waals surface area contributed by atoms with Crippen LogP contribution in [0.3, 0.4) is 0 Å². The molecule has 0 aliphatic carbocycles. The van der Waals surface area contributed by atoms with Crippen LogP contribution in [-0.4, -0.2) is 23.2 Å². The first-order valence-electron chi connectivity index (χ1n) is 21.2. The molecule has 53 heavy (non-hydrogen) atoms. The van der Waals surface area contributed by atoms with Crippen LogP contribution in [0.15, 0.2) is 114 Å². The summed E-state index contributed by atoms with van der Waals surface area (Å²) >= 11 is -2.03. The Kier molecular flexibility index (Phi) is 8.76. The summed E-state index contributed by atoms with van der Waals surface area (Å²) < 4.78 is 66.5. The standard InChI is InChI=1S/C31H26NO.C17H22GeN.Ir/c1-19-18-32-28(15-22(19)17-31(2,3)4)25-11-7-10-24-27-14-21-13-12-20-8-5-6-9-23(20)26(21)16-29(27)33-30(24)25;1-13(2)15-11-17(14-9-7-6-8-10-14)19-12-16(15)18(3,4)5;/h5-10,12-16,18H,17H2,1-4H3;6-9,11-13H,1-5H3;/q2*-1;/i1D3,17D2,18D;13D;. The van der Waals surface area contributed by atoms with Crippen LogP contribution >= 0.6 is 0 Å². The van der Waals surface area contributed by atoms with E-state index in [0.717, 1.165) is 49.1 Å². The van der Waals surface area contributed by atoms with Gasteiger partial charge in [0.2, 0.25) is 0 Å². The molecule has 0 saturated carbocycles. The summed E-state index contributed by atoms with van der Waals surface area (Å²) in [5.74, 6) is 6.45. The topological polar surface area (TPSA) is 38.9 Å². The molecule has 0 atom stereocenters. The Labute approximate surface area is 340 Å². The van der Waals surface area contributed by atoms with Gasteiger partial charge in [-0.05, 0) is 63.6 Å². The van der Waals surface area contributed by atoms with Crippen molar-refractivity contribution in [2.75, 3.05) is 0 Å². The second-order valence-corrected chi connectivity index (χ2v) is 26.2. The predicted octanol–water partition coefficient (Wildman–Crippen LogP) is 12.9. The Hall–Kier alpha value is -4.09. The van der Waals surface area contributed by atoms with Gasteiger partial charge in [-0.2, -0.15) is 0 Å². The summed E-state index contributed by atoms with van der Waals surface area (Å²) in [5.41, 5.74) is 3.54. The number of pyridine rings is 2. The summed E-state index contributed by atoms with van der Waals surface area (Å²) in [6, 6.07) is 37.9. The zero-order chi connectivity index (χ0) is 42.9. The molecule has 0 N–H and O–H groups in total. The molecule has 3 heterocycles. The van der Waals surface area contributed by atoms with Crippen LogP contribution in [0, 0.1) is 24.4 Å². The van der Waals surface area contributed by atoms with Gasteiger partial charge in [-0.25, -0.2) is 0 Å². The smallest absolute Gasteiger partial charge is 0.121 e. The maximum Gasteiger partial charge on any atom is 0.121 e. The van der Waals surface area contributed by atoms with Gasteiger partial charge in [-0.15, -0.1) is 18.2 Å². The van der Waals surface area contributed by atoms with E-state index in [4.69, 9.17) is 14.0 Å². The summed E-state index contributed by atoms with van der Waals surface area (Å²) in [6.45, 7) is 6.34. The number of furan rings is 1. The number of aromatic nitrogens is 2. The van der Waals surface area contributed by atoms with Gasteiger partial charge in [0.15, 0.2) is 0 Å². The van der Waals surface area contributed by atoms with E-state index in [2.05, 4.69) is 75.8 Å². The van der Waals surface area contributed by atoms with Crippen LogP contribution in [0.25, 0.3) is 66.0 Å². The summed E-state index contributed by atoms with van der Waals surface area (Å²) in [4.78, 5) is 8.95. The number of nitrogens with zero attached hydrogens (tertiary/aromatic N) is 2. The fourth-order valence-corrected chi connectivity index (χ4v) is 9.97. The van der Waals surface area contributed by atoms with Crippen molar-refractivity contribution in [3.05, 3.63) is 138 Å². The molecule has 1 radical (unpaired) electrons. The van der Waals surface area contributed by atoms with Crippen LogP contribution in [0.1, 0.15) is 66.8 Å². The van der Waals surface area contributed by atoms with Gasteiger partial charge < -0.3 is 9.40 Å². The molecule has 0 saturated heterocycles. The first-order chi connectivity index (χ1) is 27.5. The van der Waals surface area contributed by atoms with Crippen LogP contribution in [0.2, 0.25) is 17.3 Å². The van der Waals surface area contributed by atoms with Gasteiger partial charge in [-0.3, -0.25) is 0 Å². The Morgan fingerprint density at radius 3 is 2.32 bits per heavy atom. The molecule has 3 nitrogen and oxygen atoms in total. The number of rotatable bonds is 5. The molecule has 3 aromatic heterocycles.